The van der Waals surface area contributed by atoms with Gasteiger partial charge in [0.1, 0.15) is 8.07 Å². The third-order valence-electron chi connectivity index (χ3n) is 1.10. The lowest BCUT2D eigenvalue weighted by atomic mass is 10.2. The molecule has 0 nitrogen and oxygen atoms in total. The highest BCUT2D eigenvalue weighted by molar-refractivity contribution is 6.83. The van der Waals surface area contributed by atoms with Crippen LogP contribution < -0.4 is 0 Å². The van der Waals surface area contributed by atoms with E-state index in [2.05, 4.69) is 31.1 Å². The van der Waals surface area contributed by atoms with Crippen LogP contribution in [0.5, 0.6) is 0 Å². The van der Waals surface area contributed by atoms with Crippen LogP contribution >= 0.6 is 0 Å². The Labute approximate surface area is 81.3 Å². The van der Waals surface area contributed by atoms with Crippen LogP contribution in [-0.4, -0.2) is 8.07 Å². The van der Waals surface area contributed by atoms with Gasteiger partial charge in [-0.3, -0.25) is 0 Å². The molecular formula is C11H14Si. The van der Waals surface area contributed by atoms with Crippen molar-refractivity contribution < 1.29 is 5.48 Å². The average Bonchev–Trinajstić information content (AvgIpc) is 2.13. The fourth-order valence-electron chi connectivity index (χ4n) is 0.596. The monoisotopic (exact) mass is 178 g/mol. The Balaban J connectivity index is 3.38. The van der Waals surface area contributed by atoms with Gasteiger partial charge in [0, 0.05) is 5.56 Å². The number of hydrogen-bond donors (Lipinski definition) is 0. The summed E-state index contributed by atoms with van der Waals surface area (Å²) in [6.07, 6.45) is 0. The predicted octanol–water partition coefficient (Wildman–Crippen LogP) is 2.92. The topological polar surface area (TPSA) is 0 Å². The first-order valence-electron chi connectivity index (χ1n) is 5.83. The number of rotatable bonds is 0. The van der Waals surface area contributed by atoms with Gasteiger partial charge in [-0.1, -0.05) is 43.7 Å². The molecule has 1 aromatic rings. The summed E-state index contributed by atoms with van der Waals surface area (Å²) in [4.78, 5) is 0. The van der Waals surface area contributed by atoms with Gasteiger partial charge >= 0.3 is 0 Å². The molecule has 0 aliphatic heterocycles. The van der Waals surface area contributed by atoms with E-state index < -0.39 is 8.07 Å². The molecular weight excluding hydrogens is 160 g/mol. The molecule has 1 aromatic carbocycles. The summed E-state index contributed by atoms with van der Waals surface area (Å²) >= 11 is 0. The second-order valence-corrected chi connectivity index (χ2v) is 8.31. The van der Waals surface area contributed by atoms with Crippen LogP contribution in [0.2, 0.25) is 19.6 Å². The molecule has 0 fully saturated rings. The molecule has 0 heterocycles. The lowest BCUT2D eigenvalue weighted by molar-refractivity contribution is 1.65. The Bertz CT molecular complexity index is 451. The SMILES string of the molecule is [2H]c1cc([2H])c([2H])c(C#C[Si](C)(C)C)c1[2H]. The summed E-state index contributed by atoms with van der Waals surface area (Å²) in [7, 11) is -1.57. The van der Waals surface area contributed by atoms with Crippen molar-refractivity contribution in [2.75, 3.05) is 0 Å². The minimum Gasteiger partial charge on any atom is -0.127 e. The first-order chi connectivity index (χ1) is 7.22. The molecule has 62 valence electrons. The van der Waals surface area contributed by atoms with Crippen LogP contribution in [0.3, 0.4) is 0 Å². The van der Waals surface area contributed by atoms with Gasteiger partial charge < -0.3 is 0 Å². The summed E-state index contributed by atoms with van der Waals surface area (Å²) in [6.45, 7) is 6.21. The lowest BCUT2D eigenvalue weighted by Crippen LogP contribution is -2.16. The maximum Gasteiger partial charge on any atom is 0.129 e. The van der Waals surface area contributed by atoms with Crippen molar-refractivity contribution in [3.05, 3.63) is 35.8 Å². The van der Waals surface area contributed by atoms with Crippen molar-refractivity contribution in [2.24, 2.45) is 0 Å². The molecule has 1 heteroatoms. The molecule has 0 saturated heterocycles. The van der Waals surface area contributed by atoms with Crippen molar-refractivity contribution >= 4 is 8.07 Å². The molecule has 1 rings (SSSR count). The highest BCUT2D eigenvalue weighted by Gasteiger charge is 2.06. The molecule has 0 unspecified atom stereocenters. The van der Waals surface area contributed by atoms with Crippen molar-refractivity contribution in [3.8, 4) is 11.5 Å². The third kappa shape index (κ3) is 3.41. The molecule has 0 amide bonds. The normalized spacial score (nSPS) is 14.9. The summed E-state index contributed by atoms with van der Waals surface area (Å²) in [5.41, 5.74) is 3.26. The Morgan fingerprint density at radius 3 is 2.33 bits per heavy atom. The van der Waals surface area contributed by atoms with Crippen molar-refractivity contribution in [2.45, 2.75) is 19.6 Å². The number of benzene rings is 1. The lowest BCUT2D eigenvalue weighted by Gasteiger charge is -2.02. The quantitative estimate of drug-likeness (QED) is 0.423. The van der Waals surface area contributed by atoms with Gasteiger partial charge in [0.25, 0.3) is 0 Å². The van der Waals surface area contributed by atoms with Gasteiger partial charge in [-0.2, -0.15) is 0 Å². The van der Waals surface area contributed by atoms with Crippen molar-refractivity contribution in [1.82, 2.24) is 0 Å². The van der Waals surface area contributed by atoms with Gasteiger partial charge in [-0.05, 0) is 12.1 Å². The van der Waals surface area contributed by atoms with E-state index in [-0.39, 0.29) is 29.7 Å². The summed E-state index contributed by atoms with van der Waals surface area (Å²) in [5, 5.41) is 0. The molecule has 0 aliphatic rings. The fourth-order valence-corrected chi connectivity index (χ4v) is 1.10. The summed E-state index contributed by atoms with van der Waals surface area (Å²) in [6, 6.07) is 1.03. The fraction of sp³-hybridized carbons (Fsp3) is 0.273. The third-order valence-corrected chi connectivity index (χ3v) is 1.98. The van der Waals surface area contributed by atoms with E-state index in [4.69, 9.17) is 5.48 Å². The molecule has 0 saturated carbocycles. The average molecular weight is 178 g/mol. The highest BCUT2D eigenvalue weighted by Crippen LogP contribution is 1.99. The first kappa shape index (κ1) is 4.89. The zero-order chi connectivity index (χ0) is 12.5. The van der Waals surface area contributed by atoms with Gasteiger partial charge in [-0.15, -0.1) is 5.54 Å². The Morgan fingerprint density at radius 1 is 1.25 bits per heavy atom. The van der Waals surface area contributed by atoms with Crippen LogP contribution in [0, 0.1) is 11.5 Å². The largest absolute Gasteiger partial charge is 0.129 e. The Kier molecular flexibility index (Phi) is 1.47. The van der Waals surface area contributed by atoms with E-state index in [0.717, 1.165) is 0 Å². The molecule has 0 N–H and O–H groups in total. The summed E-state index contributed by atoms with van der Waals surface area (Å²) < 4.78 is 30.3. The van der Waals surface area contributed by atoms with Crippen LogP contribution in [0.25, 0.3) is 0 Å². The van der Waals surface area contributed by atoms with Crippen LogP contribution in [0.4, 0.5) is 0 Å². The van der Waals surface area contributed by atoms with Gasteiger partial charge in [0.2, 0.25) is 0 Å². The van der Waals surface area contributed by atoms with E-state index in [0.29, 0.717) is 0 Å². The van der Waals surface area contributed by atoms with Crippen molar-refractivity contribution in [1.29, 1.82) is 0 Å². The van der Waals surface area contributed by atoms with E-state index in [1.165, 1.54) is 6.07 Å². The van der Waals surface area contributed by atoms with Crippen LogP contribution in [0.15, 0.2) is 30.2 Å². The van der Waals surface area contributed by atoms with Crippen LogP contribution in [0.1, 0.15) is 11.0 Å². The zero-order valence-corrected chi connectivity index (χ0v) is 8.58. The van der Waals surface area contributed by atoms with E-state index in [1.54, 1.807) is 0 Å². The molecule has 0 aliphatic carbocycles. The zero-order valence-electron chi connectivity index (χ0n) is 11.6. The van der Waals surface area contributed by atoms with Crippen LogP contribution in [-0.2, 0) is 0 Å². The number of hydrogen-bond acceptors (Lipinski definition) is 0. The predicted molar refractivity (Wildman–Crippen MR) is 56.7 cm³/mol. The molecule has 0 aromatic heterocycles. The van der Waals surface area contributed by atoms with Gasteiger partial charge in [0.05, 0.1) is 5.48 Å². The second-order valence-electron chi connectivity index (χ2n) is 3.56. The Hall–Kier alpha value is -1.00. The highest BCUT2D eigenvalue weighted by atomic mass is 28.3. The minimum absolute atomic E-state index is 0.0409. The minimum atomic E-state index is -1.57. The van der Waals surface area contributed by atoms with Gasteiger partial charge in [0.15, 0.2) is 0 Å². The second kappa shape index (κ2) is 3.60. The molecule has 0 bridgehead atoms. The smallest absolute Gasteiger partial charge is 0.127 e. The molecule has 0 spiro atoms. The molecule has 0 radical (unpaired) electrons. The van der Waals surface area contributed by atoms with E-state index in [1.807, 2.05) is 0 Å². The standard InChI is InChI=1S/C11H14Si/c1-12(2,3)10-9-11-7-5-4-6-8-11/h4-8H,1-3H3/i5D,6D,7D,8D. The van der Waals surface area contributed by atoms with E-state index >= 15 is 0 Å². The van der Waals surface area contributed by atoms with Gasteiger partial charge in [-0.25, -0.2) is 0 Å². The van der Waals surface area contributed by atoms with Crippen molar-refractivity contribution in [3.63, 3.8) is 0 Å². The summed E-state index contributed by atoms with van der Waals surface area (Å²) in [5.74, 6) is 2.80. The maximum absolute atomic E-state index is 7.66. The molecule has 12 heavy (non-hydrogen) atoms. The Morgan fingerprint density at radius 2 is 1.83 bits per heavy atom. The first-order valence-corrected chi connectivity index (χ1v) is 7.33. The van der Waals surface area contributed by atoms with E-state index in [9.17, 15) is 0 Å². The maximum atomic E-state index is 7.66. The molecule has 0 atom stereocenters.